The molecule has 132 valence electrons. The third-order valence-electron chi connectivity index (χ3n) is 3.99. The standard InChI is InChI=1S/C18H19FN2O2S2/c1-10-11(2)25-18-15(10)17(22)20-16(21-18)12(3)24-9-8-23-14-7-5-4-6-13(14)19/h4-7,12H,8-9H2,1-3H3,(H,20,21,22). The van der Waals surface area contributed by atoms with Crippen molar-refractivity contribution < 1.29 is 9.13 Å². The number of fused-ring (bicyclic) bond motifs is 1. The summed E-state index contributed by atoms with van der Waals surface area (Å²) in [6.07, 6.45) is 0. The van der Waals surface area contributed by atoms with Crippen molar-refractivity contribution >= 4 is 33.3 Å². The molecule has 1 N–H and O–H groups in total. The van der Waals surface area contributed by atoms with Gasteiger partial charge in [0.25, 0.3) is 5.56 Å². The monoisotopic (exact) mass is 378 g/mol. The van der Waals surface area contributed by atoms with Crippen LogP contribution in [0.3, 0.4) is 0 Å². The molecular formula is C18H19FN2O2S2. The predicted molar refractivity (Wildman–Crippen MR) is 102 cm³/mol. The molecule has 0 spiro atoms. The Labute approximate surface area is 153 Å². The summed E-state index contributed by atoms with van der Waals surface area (Å²) in [6, 6.07) is 6.35. The van der Waals surface area contributed by atoms with Crippen LogP contribution in [0.5, 0.6) is 5.75 Å². The summed E-state index contributed by atoms with van der Waals surface area (Å²) in [6.45, 7) is 6.33. The molecule has 0 aliphatic heterocycles. The third-order valence-corrected chi connectivity index (χ3v) is 6.21. The van der Waals surface area contributed by atoms with Crippen LogP contribution < -0.4 is 10.3 Å². The van der Waals surface area contributed by atoms with Gasteiger partial charge < -0.3 is 9.72 Å². The van der Waals surface area contributed by atoms with Crippen LogP contribution in [0, 0.1) is 19.7 Å². The molecule has 1 unspecified atom stereocenters. The number of aromatic amines is 1. The Morgan fingerprint density at radius 1 is 1.36 bits per heavy atom. The Kier molecular flexibility index (Phi) is 5.44. The molecule has 0 bridgehead atoms. The van der Waals surface area contributed by atoms with E-state index < -0.39 is 0 Å². The lowest BCUT2D eigenvalue weighted by Crippen LogP contribution is -2.13. The van der Waals surface area contributed by atoms with E-state index in [1.165, 1.54) is 6.07 Å². The molecule has 3 rings (SSSR count). The maximum atomic E-state index is 13.5. The number of rotatable bonds is 6. The Hall–Kier alpha value is -1.86. The summed E-state index contributed by atoms with van der Waals surface area (Å²) in [4.78, 5) is 21.7. The highest BCUT2D eigenvalue weighted by Crippen LogP contribution is 2.30. The third kappa shape index (κ3) is 3.88. The lowest BCUT2D eigenvalue weighted by atomic mass is 10.2. The molecule has 3 aromatic rings. The second-order valence-corrected chi connectivity index (χ2v) is 8.36. The van der Waals surface area contributed by atoms with Gasteiger partial charge in [0.15, 0.2) is 11.6 Å². The molecule has 0 radical (unpaired) electrons. The van der Waals surface area contributed by atoms with E-state index in [2.05, 4.69) is 9.97 Å². The van der Waals surface area contributed by atoms with Crippen LogP contribution in [0.25, 0.3) is 10.2 Å². The van der Waals surface area contributed by atoms with Crippen LogP contribution in [0.2, 0.25) is 0 Å². The van der Waals surface area contributed by atoms with Gasteiger partial charge in [0, 0.05) is 10.6 Å². The summed E-state index contributed by atoms with van der Waals surface area (Å²) in [5.74, 6) is 1.23. The number of aromatic nitrogens is 2. The highest BCUT2D eigenvalue weighted by atomic mass is 32.2. The molecule has 4 nitrogen and oxygen atoms in total. The fourth-order valence-electron chi connectivity index (χ4n) is 2.48. The molecule has 1 aromatic carbocycles. The van der Waals surface area contributed by atoms with Crippen molar-refractivity contribution in [3.05, 3.63) is 56.7 Å². The van der Waals surface area contributed by atoms with Crippen molar-refractivity contribution in [3.63, 3.8) is 0 Å². The van der Waals surface area contributed by atoms with Crippen molar-refractivity contribution in [2.24, 2.45) is 0 Å². The van der Waals surface area contributed by atoms with Crippen molar-refractivity contribution in [1.29, 1.82) is 0 Å². The van der Waals surface area contributed by atoms with Gasteiger partial charge in [-0.05, 0) is 38.5 Å². The molecule has 7 heteroatoms. The quantitative estimate of drug-likeness (QED) is 0.636. The number of aryl methyl sites for hydroxylation is 2. The topological polar surface area (TPSA) is 55.0 Å². The van der Waals surface area contributed by atoms with Crippen molar-refractivity contribution in [1.82, 2.24) is 9.97 Å². The molecule has 0 amide bonds. The Bertz CT molecular complexity index is 952. The number of hydrogen-bond donors (Lipinski definition) is 1. The van der Waals surface area contributed by atoms with Crippen molar-refractivity contribution in [2.75, 3.05) is 12.4 Å². The molecule has 0 aliphatic carbocycles. The molecule has 1 atom stereocenters. The number of thioether (sulfide) groups is 1. The average Bonchev–Trinajstić information content (AvgIpc) is 2.87. The number of hydrogen-bond acceptors (Lipinski definition) is 5. The predicted octanol–water partition coefficient (Wildman–Crippen LogP) is 4.61. The minimum atomic E-state index is -0.361. The molecule has 2 aromatic heterocycles. The van der Waals surface area contributed by atoms with Gasteiger partial charge in [-0.2, -0.15) is 0 Å². The lowest BCUT2D eigenvalue weighted by Gasteiger charge is -2.11. The van der Waals surface area contributed by atoms with Gasteiger partial charge in [-0.1, -0.05) is 12.1 Å². The van der Waals surface area contributed by atoms with Crippen LogP contribution in [-0.4, -0.2) is 22.3 Å². The number of H-pyrrole nitrogens is 1. The molecule has 0 saturated carbocycles. The first kappa shape index (κ1) is 17.9. The van der Waals surface area contributed by atoms with Crippen LogP contribution in [0.1, 0.15) is 28.4 Å². The lowest BCUT2D eigenvalue weighted by molar-refractivity contribution is 0.325. The smallest absolute Gasteiger partial charge is 0.259 e. The normalized spacial score (nSPS) is 12.5. The molecule has 0 aliphatic rings. The number of ether oxygens (including phenoxy) is 1. The average molecular weight is 378 g/mol. The maximum absolute atomic E-state index is 13.5. The molecule has 0 saturated heterocycles. The van der Waals surface area contributed by atoms with E-state index >= 15 is 0 Å². The second-order valence-electron chi connectivity index (χ2n) is 5.71. The van der Waals surface area contributed by atoms with Gasteiger partial charge in [-0.15, -0.1) is 23.1 Å². The molecule has 2 heterocycles. The van der Waals surface area contributed by atoms with Crippen LogP contribution in [0.4, 0.5) is 4.39 Å². The van der Waals surface area contributed by atoms with Crippen molar-refractivity contribution in [2.45, 2.75) is 26.0 Å². The van der Waals surface area contributed by atoms with Gasteiger partial charge in [0.05, 0.1) is 17.2 Å². The van der Waals surface area contributed by atoms with Crippen LogP contribution >= 0.6 is 23.1 Å². The van der Waals surface area contributed by atoms with E-state index in [0.717, 1.165) is 15.3 Å². The van der Waals surface area contributed by atoms with E-state index in [1.807, 2.05) is 20.8 Å². The summed E-state index contributed by atoms with van der Waals surface area (Å²) in [5, 5.41) is 0.704. The molecular weight excluding hydrogens is 359 g/mol. The van der Waals surface area contributed by atoms with Gasteiger partial charge in [0.1, 0.15) is 10.7 Å². The number of benzene rings is 1. The van der Waals surface area contributed by atoms with E-state index in [0.29, 0.717) is 23.6 Å². The first-order valence-electron chi connectivity index (χ1n) is 7.96. The highest BCUT2D eigenvalue weighted by molar-refractivity contribution is 7.99. The van der Waals surface area contributed by atoms with E-state index in [-0.39, 0.29) is 22.4 Å². The summed E-state index contributed by atoms with van der Waals surface area (Å²) in [7, 11) is 0. The zero-order valence-corrected chi connectivity index (χ0v) is 15.9. The fourth-order valence-corrected chi connectivity index (χ4v) is 4.32. The SMILES string of the molecule is Cc1sc2nc(C(C)SCCOc3ccccc3F)[nH]c(=O)c2c1C. The zero-order chi connectivity index (χ0) is 18.0. The van der Waals surface area contributed by atoms with Gasteiger partial charge >= 0.3 is 0 Å². The first-order valence-corrected chi connectivity index (χ1v) is 9.82. The first-order chi connectivity index (χ1) is 12.0. The zero-order valence-electron chi connectivity index (χ0n) is 14.3. The minimum Gasteiger partial charge on any atom is -0.490 e. The fraction of sp³-hybridized carbons (Fsp3) is 0.333. The van der Waals surface area contributed by atoms with Gasteiger partial charge in [0.2, 0.25) is 0 Å². The number of nitrogens with zero attached hydrogens (tertiary/aromatic N) is 1. The van der Waals surface area contributed by atoms with E-state index in [1.54, 1.807) is 41.3 Å². The van der Waals surface area contributed by atoms with Crippen LogP contribution in [-0.2, 0) is 0 Å². The van der Waals surface area contributed by atoms with Gasteiger partial charge in [-0.25, -0.2) is 9.37 Å². The van der Waals surface area contributed by atoms with E-state index in [4.69, 9.17) is 4.74 Å². The minimum absolute atomic E-state index is 0.0176. The largest absolute Gasteiger partial charge is 0.490 e. The number of halogens is 1. The summed E-state index contributed by atoms with van der Waals surface area (Å²) < 4.78 is 18.9. The number of nitrogens with one attached hydrogen (secondary N) is 1. The number of para-hydroxylation sites is 1. The van der Waals surface area contributed by atoms with Crippen LogP contribution in [0.15, 0.2) is 29.1 Å². The Morgan fingerprint density at radius 2 is 2.12 bits per heavy atom. The maximum Gasteiger partial charge on any atom is 0.259 e. The summed E-state index contributed by atoms with van der Waals surface area (Å²) in [5.41, 5.74) is 0.913. The Morgan fingerprint density at radius 3 is 2.88 bits per heavy atom. The van der Waals surface area contributed by atoms with Gasteiger partial charge in [-0.3, -0.25) is 4.79 Å². The van der Waals surface area contributed by atoms with E-state index in [9.17, 15) is 9.18 Å². The summed E-state index contributed by atoms with van der Waals surface area (Å²) >= 11 is 3.15. The Balaban J connectivity index is 1.63. The molecule has 0 fully saturated rings. The highest BCUT2D eigenvalue weighted by Gasteiger charge is 2.15. The second kappa shape index (κ2) is 7.58. The van der Waals surface area contributed by atoms with Crippen molar-refractivity contribution in [3.8, 4) is 5.75 Å². The molecule has 25 heavy (non-hydrogen) atoms. The number of thiophene rings is 1.